The number of halogens is 1. The molecular formula is C25H27ClN2O4. The second kappa shape index (κ2) is 9.06. The number of carbonyl (C=O) groups excluding carboxylic acids is 2. The van der Waals surface area contributed by atoms with Crippen molar-refractivity contribution in [3.63, 3.8) is 0 Å². The molecule has 0 bridgehead atoms. The van der Waals surface area contributed by atoms with Crippen LogP contribution in [0.4, 0.5) is 11.4 Å². The van der Waals surface area contributed by atoms with Gasteiger partial charge in [-0.25, -0.2) is 0 Å². The average Bonchev–Trinajstić information content (AvgIpc) is 3.30. The first-order chi connectivity index (χ1) is 15.4. The summed E-state index contributed by atoms with van der Waals surface area (Å²) in [5, 5.41) is 21.1. The molecular weight excluding hydrogens is 428 g/mol. The van der Waals surface area contributed by atoms with E-state index in [1.165, 1.54) is 0 Å². The Balaban J connectivity index is 1.67. The first-order valence-electron chi connectivity index (χ1n) is 10.9. The molecule has 168 valence electrons. The molecule has 2 aromatic rings. The minimum atomic E-state index is -1.76. The molecule has 2 aliphatic heterocycles. The van der Waals surface area contributed by atoms with Crippen LogP contribution in [0.5, 0.6) is 0 Å². The van der Waals surface area contributed by atoms with Crippen molar-refractivity contribution in [1.82, 2.24) is 0 Å². The Morgan fingerprint density at radius 1 is 1.22 bits per heavy atom. The molecule has 2 aliphatic rings. The molecule has 6 nitrogen and oxygen atoms in total. The lowest BCUT2D eigenvalue weighted by Gasteiger charge is -2.28. The fraction of sp³-hybridized carbons (Fsp3) is 0.360. The highest BCUT2D eigenvalue weighted by Gasteiger charge is 2.52. The number of benzene rings is 2. The number of nitrogens with zero attached hydrogens (tertiary/aromatic N) is 2. The first kappa shape index (κ1) is 22.5. The number of aliphatic hydroxyl groups is 2. The Morgan fingerprint density at radius 3 is 2.75 bits per heavy atom. The molecule has 2 amide bonds. The summed E-state index contributed by atoms with van der Waals surface area (Å²) in [6.07, 6.45) is 5.36. The van der Waals surface area contributed by atoms with Gasteiger partial charge in [-0.2, -0.15) is 0 Å². The summed E-state index contributed by atoms with van der Waals surface area (Å²) in [5.41, 5.74) is 1.02. The summed E-state index contributed by atoms with van der Waals surface area (Å²) in [4.78, 5) is 29.0. The van der Waals surface area contributed by atoms with Crippen molar-refractivity contribution in [3.05, 3.63) is 70.8 Å². The van der Waals surface area contributed by atoms with Crippen LogP contribution < -0.4 is 9.80 Å². The maximum absolute atomic E-state index is 13.6. The van der Waals surface area contributed by atoms with Gasteiger partial charge in [-0.1, -0.05) is 42.8 Å². The highest BCUT2D eigenvalue weighted by molar-refractivity contribution is 6.31. The Hall–Kier alpha value is -2.67. The van der Waals surface area contributed by atoms with Crippen LogP contribution in [0.3, 0.4) is 0 Å². The number of hydrogen-bond donors (Lipinski definition) is 2. The first-order valence-corrected chi connectivity index (χ1v) is 11.2. The monoisotopic (exact) mass is 454 g/mol. The predicted octanol–water partition coefficient (Wildman–Crippen LogP) is 3.78. The van der Waals surface area contributed by atoms with Gasteiger partial charge in [0.2, 0.25) is 5.91 Å². The third-order valence-electron chi connectivity index (χ3n) is 6.25. The Morgan fingerprint density at radius 2 is 2.03 bits per heavy atom. The van der Waals surface area contributed by atoms with Crippen LogP contribution in [0.15, 0.2) is 54.6 Å². The average molecular weight is 455 g/mol. The van der Waals surface area contributed by atoms with E-state index >= 15 is 0 Å². The molecule has 2 N–H and O–H groups in total. The number of hydrogen-bond acceptors (Lipinski definition) is 4. The van der Waals surface area contributed by atoms with Crippen molar-refractivity contribution in [2.24, 2.45) is 5.92 Å². The third kappa shape index (κ3) is 3.94. The fourth-order valence-electron chi connectivity index (χ4n) is 4.52. The van der Waals surface area contributed by atoms with Crippen molar-refractivity contribution in [2.45, 2.75) is 38.3 Å². The normalized spacial score (nSPS) is 21.6. The summed E-state index contributed by atoms with van der Waals surface area (Å²) in [7, 11) is 0. The van der Waals surface area contributed by atoms with Crippen molar-refractivity contribution in [2.75, 3.05) is 23.0 Å². The van der Waals surface area contributed by atoms with Crippen LogP contribution in [-0.2, 0) is 21.7 Å². The lowest BCUT2D eigenvalue weighted by atomic mass is 9.83. The summed E-state index contributed by atoms with van der Waals surface area (Å²) in [6.45, 7) is 2.74. The molecule has 2 aromatic carbocycles. The molecule has 2 heterocycles. The second-order valence-electron chi connectivity index (χ2n) is 8.37. The predicted molar refractivity (Wildman–Crippen MR) is 125 cm³/mol. The van der Waals surface area contributed by atoms with E-state index in [4.69, 9.17) is 16.7 Å². The van der Waals surface area contributed by atoms with Gasteiger partial charge < -0.3 is 20.0 Å². The fourth-order valence-corrected chi connectivity index (χ4v) is 4.69. The number of carbonyl (C=O) groups is 2. The lowest BCUT2D eigenvalue weighted by molar-refractivity contribution is -0.139. The van der Waals surface area contributed by atoms with Crippen molar-refractivity contribution < 1.29 is 19.8 Å². The minimum absolute atomic E-state index is 0.00000372. The topological polar surface area (TPSA) is 81.1 Å². The third-order valence-corrected chi connectivity index (χ3v) is 6.48. The quantitative estimate of drug-likeness (QED) is 0.624. The highest BCUT2D eigenvalue weighted by Crippen LogP contribution is 2.46. The summed E-state index contributed by atoms with van der Waals surface area (Å²) in [5.74, 6) is -0.826. The number of anilines is 2. The van der Waals surface area contributed by atoms with Crippen LogP contribution in [0.2, 0.25) is 5.02 Å². The molecule has 0 unspecified atom stereocenters. The van der Waals surface area contributed by atoms with E-state index in [-0.39, 0.29) is 19.1 Å². The minimum Gasteiger partial charge on any atom is -0.396 e. The molecule has 7 heteroatoms. The van der Waals surface area contributed by atoms with Crippen LogP contribution in [0.1, 0.15) is 37.3 Å². The second-order valence-corrected chi connectivity index (χ2v) is 8.80. The van der Waals surface area contributed by atoms with Gasteiger partial charge >= 0.3 is 0 Å². The zero-order valence-electron chi connectivity index (χ0n) is 18.0. The Bertz CT molecular complexity index is 1070. The molecule has 0 aromatic heterocycles. The van der Waals surface area contributed by atoms with Crippen LogP contribution >= 0.6 is 11.6 Å². The maximum atomic E-state index is 13.6. The van der Waals surface area contributed by atoms with E-state index in [1.54, 1.807) is 47.1 Å². The van der Waals surface area contributed by atoms with Crippen LogP contribution in [0.25, 0.3) is 0 Å². The van der Waals surface area contributed by atoms with Gasteiger partial charge in [0.25, 0.3) is 5.91 Å². The van der Waals surface area contributed by atoms with E-state index in [0.717, 1.165) is 17.7 Å². The zero-order valence-corrected chi connectivity index (χ0v) is 18.8. The zero-order chi connectivity index (χ0) is 22.9. The van der Waals surface area contributed by atoms with E-state index in [2.05, 4.69) is 0 Å². The van der Waals surface area contributed by atoms with Gasteiger partial charge in [0.15, 0.2) is 5.60 Å². The molecule has 32 heavy (non-hydrogen) atoms. The summed E-state index contributed by atoms with van der Waals surface area (Å²) < 4.78 is 0. The Kier molecular flexibility index (Phi) is 6.38. The standard InChI is InChI=1S/C25H27ClN2O4/c1-17(6-2-3-13-29)25(32)21-15-19(26)10-11-22(21)28(24(25)31)16-18-7-4-8-20(14-18)27-12-5-9-23(27)30/h2,4,6-8,10-11,14-15,17,29,32H,3,5,9,12-13,16H2,1H3/b6-2+/t17-,25+/m1/s1. The van der Waals surface area contributed by atoms with E-state index in [0.29, 0.717) is 35.7 Å². The number of aliphatic hydroxyl groups excluding tert-OH is 1. The summed E-state index contributed by atoms with van der Waals surface area (Å²) >= 11 is 6.22. The smallest absolute Gasteiger partial charge is 0.264 e. The largest absolute Gasteiger partial charge is 0.396 e. The van der Waals surface area contributed by atoms with Gasteiger partial charge in [-0.15, -0.1) is 0 Å². The number of amides is 2. The molecule has 4 rings (SSSR count). The molecule has 1 saturated heterocycles. The van der Waals surface area contributed by atoms with Gasteiger partial charge in [0, 0.05) is 41.8 Å². The van der Waals surface area contributed by atoms with Gasteiger partial charge in [-0.05, 0) is 48.7 Å². The molecule has 0 spiro atoms. The van der Waals surface area contributed by atoms with Crippen molar-refractivity contribution in [1.29, 1.82) is 0 Å². The lowest BCUT2D eigenvalue weighted by Crippen LogP contribution is -2.44. The van der Waals surface area contributed by atoms with Crippen molar-refractivity contribution in [3.8, 4) is 0 Å². The maximum Gasteiger partial charge on any atom is 0.264 e. The Labute approximate surface area is 192 Å². The van der Waals surface area contributed by atoms with Gasteiger partial charge in [-0.3, -0.25) is 9.59 Å². The summed E-state index contributed by atoms with van der Waals surface area (Å²) in [6, 6.07) is 12.7. The number of rotatable bonds is 7. The van der Waals surface area contributed by atoms with E-state index < -0.39 is 17.4 Å². The van der Waals surface area contributed by atoms with Gasteiger partial charge in [0.05, 0.1) is 12.2 Å². The molecule has 0 radical (unpaired) electrons. The van der Waals surface area contributed by atoms with Crippen molar-refractivity contribution >= 4 is 34.8 Å². The van der Waals surface area contributed by atoms with E-state index in [1.807, 2.05) is 24.3 Å². The molecule has 1 fully saturated rings. The van der Waals surface area contributed by atoms with E-state index in [9.17, 15) is 14.7 Å². The SMILES string of the molecule is C[C@H](/C=C/CCO)[C@@]1(O)C(=O)N(Cc2cccc(N3CCCC3=O)c2)c2ccc(Cl)cc21. The molecule has 0 aliphatic carbocycles. The van der Waals surface area contributed by atoms with Gasteiger partial charge in [0.1, 0.15) is 0 Å². The number of fused-ring (bicyclic) bond motifs is 1. The molecule has 2 atom stereocenters. The molecule has 0 saturated carbocycles. The van der Waals surface area contributed by atoms with Crippen LogP contribution in [0, 0.1) is 5.92 Å². The van der Waals surface area contributed by atoms with Crippen LogP contribution in [-0.4, -0.2) is 35.2 Å². The highest BCUT2D eigenvalue weighted by atomic mass is 35.5.